The van der Waals surface area contributed by atoms with Crippen LogP contribution in [0.4, 0.5) is 0 Å². The predicted molar refractivity (Wildman–Crippen MR) is 109 cm³/mol. The van der Waals surface area contributed by atoms with E-state index in [0.29, 0.717) is 13.1 Å². The predicted octanol–water partition coefficient (Wildman–Crippen LogP) is 1.54. The second-order valence-corrected chi connectivity index (χ2v) is 11.2. The first-order chi connectivity index (χ1) is 13.8. The number of piperidine rings is 2. The van der Waals surface area contributed by atoms with Crippen molar-refractivity contribution in [1.29, 1.82) is 0 Å². The summed E-state index contributed by atoms with van der Waals surface area (Å²) >= 11 is 0. The molecule has 0 unspecified atom stereocenters. The van der Waals surface area contributed by atoms with Crippen LogP contribution in [-0.2, 0) is 24.8 Å². The zero-order valence-corrected chi connectivity index (χ0v) is 18.2. The number of carbonyl (C=O) groups excluding carboxylic acids is 1. The Labute approximate surface area is 173 Å². The van der Waals surface area contributed by atoms with E-state index in [0.717, 1.165) is 51.6 Å². The number of nitrogens with one attached hydrogen (secondary N) is 1. The third-order valence-electron chi connectivity index (χ3n) is 5.43. The maximum Gasteiger partial charge on any atom is 0.243 e. The highest BCUT2D eigenvalue weighted by Crippen LogP contribution is 2.22. The molecule has 0 radical (unpaired) electrons. The highest BCUT2D eigenvalue weighted by atomic mass is 32.2. The van der Waals surface area contributed by atoms with Gasteiger partial charge in [-0.05, 0) is 56.4 Å². The second kappa shape index (κ2) is 9.55. The molecule has 0 saturated carbocycles. The van der Waals surface area contributed by atoms with Gasteiger partial charge in [-0.25, -0.2) is 21.6 Å². The summed E-state index contributed by atoms with van der Waals surface area (Å²) in [6, 6.07) is 5.26. The number of hydrogen-bond donors (Lipinski definition) is 1. The molecule has 1 N–H and O–H groups in total. The van der Waals surface area contributed by atoms with Crippen LogP contribution < -0.4 is 4.72 Å². The molecule has 2 aliphatic heterocycles. The molecule has 8 nitrogen and oxygen atoms in total. The first-order valence-electron chi connectivity index (χ1n) is 10.2. The molecule has 0 atom stereocenters. The average molecular weight is 444 g/mol. The Hall–Kier alpha value is -1.49. The zero-order valence-electron chi connectivity index (χ0n) is 16.5. The molecule has 1 aromatic rings. The van der Waals surface area contributed by atoms with Crippen LogP contribution in [0, 0.1) is 0 Å². The van der Waals surface area contributed by atoms with E-state index in [1.165, 1.54) is 28.6 Å². The summed E-state index contributed by atoms with van der Waals surface area (Å²) in [6.45, 7) is 2.48. The normalized spacial score (nSPS) is 19.2. The molecule has 1 amide bonds. The van der Waals surface area contributed by atoms with E-state index >= 15 is 0 Å². The van der Waals surface area contributed by atoms with Gasteiger partial charge in [-0.2, -0.15) is 4.31 Å². The van der Waals surface area contributed by atoms with E-state index in [-0.39, 0.29) is 28.7 Å². The van der Waals surface area contributed by atoms with E-state index < -0.39 is 20.0 Å². The molecule has 0 bridgehead atoms. The lowest BCUT2D eigenvalue weighted by molar-refractivity contribution is -0.131. The number of nitrogens with zero attached hydrogens (tertiary/aromatic N) is 2. The van der Waals surface area contributed by atoms with Crippen molar-refractivity contribution in [2.24, 2.45) is 0 Å². The lowest BCUT2D eigenvalue weighted by atomic mass is 10.1. The van der Waals surface area contributed by atoms with Gasteiger partial charge in [0.15, 0.2) is 0 Å². The minimum absolute atomic E-state index is 0.0134. The summed E-state index contributed by atoms with van der Waals surface area (Å²) in [5, 5.41) is 0. The minimum Gasteiger partial charge on any atom is -0.343 e. The molecule has 1 aromatic carbocycles. The van der Waals surface area contributed by atoms with Gasteiger partial charge in [0, 0.05) is 39.1 Å². The molecule has 162 valence electrons. The van der Waals surface area contributed by atoms with Gasteiger partial charge in [-0.1, -0.05) is 6.42 Å². The van der Waals surface area contributed by atoms with Gasteiger partial charge in [0.2, 0.25) is 26.0 Å². The summed E-state index contributed by atoms with van der Waals surface area (Å²) in [7, 11) is -7.40. The van der Waals surface area contributed by atoms with Gasteiger partial charge in [0.25, 0.3) is 0 Å². The van der Waals surface area contributed by atoms with Crippen molar-refractivity contribution in [3.8, 4) is 0 Å². The Balaban J connectivity index is 1.58. The fourth-order valence-electron chi connectivity index (χ4n) is 3.72. The van der Waals surface area contributed by atoms with Crippen LogP contribution in [0.3, 0.4) is 0 Å². The van der Waals surface area contributed by atoms with Crippen LogP contribution in [0.25, 0.3) is 0 Å². The Morgan fingerprint density at radius 3 is 1.90 bits per heavy atom. The van der Waals surface area contributed by atoms with Crippen molar-refractivity contribution in [3.63, 3.8) is 0 Å². The van der Waals surface area contributed by atoms with Gasteiger partial charge >= 0.3 is 0 Å². The van der Waals surface area contributed by atoms with E-state index in [4.69, 9.17) is 0 Å². The standard InChI is InChI=1S/C19H29N3O5S2/c23-19(21-13-3-1-4-14-21)11-12-20-28(24,25)17-7-9-18(10-8-17)29(26,27)22-15-5-2-6-16-22/h7-10,20H,1-6,11-16H2. The first kappa shape index (κ1) is 22.2. The van der Waals surface area contributed by atoms with Crippen molar-refractivity contribution in [1.82, 2.24) is 13.9 Å². The van der Waals surface area contributed by atoms with E-state index in [2.05, 4.69) is 4.72 Å². The molecule has 2 aliphatic rings. The Bertz CT molecular complexity index is 902. The third kappa shape index (κ3) is 5.56. The largest absolute Gasteiger partial charge is 0.343 e. The summed E-state index contributed by atoms with van der Waals surface area (Å²) in [6.07, 6.45) is 5.92. The first-order valence-corrected chi connectivity index (χ1v) is 13.1. The lowest BCUT2D eigenvalue weighted by Gasteiger charge is -2.26. The fraction of sp³-hybridized carbons (Fsp3) is 0.632. The third-order valence-corrected chi connectivity index (χ3v) is 8.82. The molecular weight excluding hydrogens is 414 g/mol. The smallest absolute Gasteiger partial charge is 0.243 e. The van der Waals surface area contributed by atoms with Gasteiger partial charge in [-0.15, -0.1) is 0 Å². The highest BCUT2D eigenvalue weighted by Gasteiger charge is 2.26. The molecule has 3 rings (SSSR count). The summed E-state index contributed by atoms with van der Waals surface area (Å²) in [5.41, 5.74) is 0. The molecular formula is C19H29N3O5S2. The topological polar surface area (TPSA) is 104 Å². The van der Waals surface area contributed by atoms with E-state index in [9.17, 15) is 21.6 Å². The average Bonchev–Trinajstić information content (AvgIpc) is 2.75. The molecule has 10 heteroatoms. The van der Waals surface area contributed by atoms with Crippen LogP contribution in [0.2, 0.25) is 0 Å². The van der Waals surface area contributed by atoms with Crippen molar-refractivity contribution >= 4 is 26.0 Å². The number of carbonyl (C=O) groups is 1. The number of sulfonamides is 2. The van der Waals surface area contributed by atoms with Crippen LogP contribution in [0.5, 0.6) is 0 Å². The Kier molecular flexibility index (Phi) is 7.31. The lowest BCUT2D eigenvalue weighted by Crippen LogP contribution is -2.37. The quantitative estimate of drug-likeness (QED) is 0.688. The maximum absolute atomic E-state index is 12.7. The number of amides is 1. The molecule has 29 heavy (non-hydrogen) atoms. The van der Waals surface area contributed by atoms with Crippen LogP contribution in [0.15, 0.2) is 34.1 Å². The molecule has 0 aromatic heterocycles. The number of hydrogen-bond acceptors (Lipinski definition) is 5. The van der Waals surface area contributed by atoms with E-state index in [1.54, 1.807) is 4.90 Å². The van der Waals surface area contributed by atoms with Crippen molar-refractivity contribution in [2.75, 3.05) is 32.7 Å². The van der Waals surface area contributed by atoms with Crippen LogP contribution in [0.1, 0.15) is 44.9 Å². The SMILES string of the molecule is O=C(CCNS(=O)(=O)c1ccc(S(=O)(=O)N2CCCCC2)cc1)N1CCCCC1. The van der Waals surface area contributed by atoms with Crippen molar-refractivity contribution < 1.29 is 21.6 Å². The minimum atomic E-state index is -3.80. The van der Waals surface area contributed by atoms with Crippen LogP contribution >= 0.6 is 0 Å². The summed E-state index contributed by atoms with van der Waals surface area (Å²) < 4.78 is 54.1. The monoisotopic (exact) mass is 443 g/mol. The Morgan fingerprint density at radius 2 is 1.31 bits per heavy atom. The highest BCUT2D eigenvalue weighted by molar-refractivity contribution is 7.89. The van der Waals surface area contributed by atoms with Gasteiger partial charge in [0.05, 0.1) is 9.79 Å². The Morgan fingerprint density at radius 1 is 0.793 bits per heavy atom. The molecule has 0 spiro atoms. The van der Waals surface area contributed by atoms with Gasteiger partial charge < -0.3 is 4.90 Å². The second-order valence-electron chi connectivity index (χ2n) is 7.53. The summed E-state index contributed by atoms with van der Waals surface area (Å²) in [4.78, 5) is 14.0. The van der Waals surface area contributed by atoms with Crippen LogP contribution in [-0.4, -0.2) is 64.7 Å². The number of likely N-dealkylation sites (tertiary alicyclic amines) is 1. The number of rotatable bonds is 7. The van der Waals surface area contributed by atoms with Crippen molar-refractivity contribution in [2.45, 2.75) is 54.7 Å². The summed E-state index contributed by atoms with van der Waals surface area (Å²) in [5.74, 6) is -0.0460. The van der Waals surface area contributed by atoms with Crippen molar-refractivity contribution in [3.05, 3.63) is 24.3 Å². The fourth-order valence-corrected chi connectivity index (χ4v) is 6.27. The van der Waals surface area contributed by atoms with E-state index in [1.807, 2.05) is 0 Å². The molecule has 2 saturated heterocycles. The maximum atomic E-state index is 12.7. The molecule has 2 fully saturated rings. The number of benzene rings is 1. The molecule has 0 aliphatic carbocycles. The molecule has 2 heterocycles. The van der Waals surface area contributed by atoms with Gasteiger partial charge in [0.1, 0.15) is 0 Å². The van der Waals surface area contributed by atoms with Gasteiger partial charge in [-0.3, -0.25) is 4.79 Å². The zero-order chi connectivity index (χ0) is 20.9.